The van der Waals surface area contributed by atoms with Gasteiger partial charge >= 0.3 is 0 Å². The second-order valence-corrected chi connectivity index (χ2v) is 7.91. The summed E-state index contributed by atoms with van der Waals surface area (Å²) in [6, 6.07) is 23.3. The maximum atomic E-state index is 12.7. The van der Waals surface area contributed by atoms with Gasteiger partial charge in [-0.1, -0.05) is 55.5 Å². The summed E-state index contributed by atoms with van der Waals surface area (Å²) in [7, 11) is 0. The van der Waals surface area contributed by atoms with Gasteiger partial charge in [0.05, 0.1) is 11.7 Å². The molecule has 176 valence electrons. The average molecular weight is 478 g/mol. The first-order valence-electron chi connectivity index (χ1n) is 10.9. The predicted octanol–water partition coefficient (Wildman–Crippen LogP) is 4.39. The molecule has 0 aliphatic carbocycles. The molecule has 0 heterocycles. The maximum absolute atomic E-state index is 12.7. The van der Waals surface area contributed by atoms with Gasteiger partial charge in [0.25, 0.3) is 11.8 Å². The van der Waals surface area contributed by atoms with Crippen molar-refractivity contribution in [1.82, 2.24) is 16.2 Å². The Morgan fingerprint density at radius 3 is 2.41 bits per heavy atom. The summed E-state index contributed by atoms with van der Waals surface area (Å²) in [6.07, 6.45) is 0.890. The van der Waals surface area contributed by atoms with Gasteiger partial charge in [0.2, 0.25) is 0 Å². The van der Waals surface area contributed by atoms with Crippen LogP contribution in [0.25, 0.3) is 0 Å². The van der Waals surface area contributed by atoms with Crippen molar-refractivity contribution >= 4 is 29.1 Å². The van der Waals surface area contributed by atoms with E-state index in [-0.39, 0.29) is 11.2 Å². The third kappa shape index (κ3) is 7.31. The predicted molar refractivity (Wildman–Crippen MR) is 135 cm³/mol. The Balaban J connectivity index is 1.54. The summed E-state index contributed by atoms with van der Waals surface area (Å²) < 4.78 is 11.6. The van der Waals surface area contributed by atoms with Gasteiger partial charge in [-0.25, -0.2) is 0 Å². The zero-order valence-electron chi connectivity index (χ0n) is 19.0. The van der Waals surface area contributed by atoms with E-state index in [1.54, 1.807) is 48.5 Å². The van der Waals surface area contributed by atoms with Crippen LogP contribution in [0.3, 0.4) is 0 Å². The topological polar surface area (TPSA) is 88.7 Å². The second kappa shape index (κ2) is 12.4. The highest BCUT2D eigenvalue weighted by Gasteiger charge is 2.14. The normalized spacial score (nSPS) is 11.1. The number of thiocarbonyl (C=S) groups is 1. The van der Waals surface area contributed by atoms with Crippen LogP contribution in [0.5, 0.6) is 11.5 Å². The lowest BCUT2D eigenvalue weighted by molar-refractivity contribution is 0.0930. The largest absolute Gasteiger partial charge is 0.491 e. The number of benzene rings is 3. The molecule has 1 unspecified atom stereocenters. The van der Waals surface area contributed by atoms with Crippen molar-refractivity contribution in [2.24, 2.45) is 0 Å². The van der Waals surface area contributed by atoms with Crippen molar-refractivity contribution < 1.29 is 19.1 Å². The smallest absolute Gasteiger partial charge is 0.273 e. The van der Waals surface area contributed by atoms with Gasteiger partial charge in [-0.15, -0.1) is 0 Å². The molecule has 34 heavy (non-hydrogen) atoms. The standard InChI is InChI=1S/C26H27N3O4S/c1-3-18(2)33-21-13-9-12-20(16-21)24(30)27-26(34)29-28-25(31)22-14-7-8-15-23(22)32-17-19-10-5-4-6-11-19/h4-16,18H,3,17H2,1-2H3,(H,28,31)(H2,27,29,30,34). The van der Waals surface area contributed by atoms with Crippen molar-refractivity contribution in [2.45, 2.75) is 33.0 Å². The SMILES string of the molecule is CCC(C)Oc1cccc(C(=O)NC(=S)NNC(=O)c2ccccc2OCc2ccccc2)c1. The van der Waals surface area contributed by atoms with Crippen molar-refractivity contribution in [3.05, 3.63) is 95.6 Å². The number of hydrazine groups is 1. The Kier molecular flexibility index (Phi) is 8.99. The third-order valence-electron chi connectivity index (χ3n) is 4.89. The molecule has 3 rings (SSSR count). The first-order valence-corrected chi connectivity index (χ1v) is 11.3. The number of hydrogen-bond donors (Lipinski definition) is 3. The van der Waals surface area contributed by atoms with E-state index in [0.29, 0.717) is 29.2 Å². The summed E-state index contributed by atoms with van der Waals surface area (Å²) >= 11 is 5.15. The minimum atomic E-state index is -0.454. The maximum Gasteiger partial charge on any atom is 0.273 e. The molecular weight excluding hydrogens is 450 g/mol. The second-order valence-electron chi connectivity index (χ2n) is 7.50. The van der Waals surface area contributed by atoms with Gasteiger partial charge in [0.1, 0.15) is 18.1 Å². The number of carbonyl (C=O) groups excluding carboxylic acids is 2. The summed E-state index contributed by atoms with van der Waals surface area (Å²) in [4.78, 5) is 25.2. The van der Waals surface area contributed by atoms with Crippen LogP contribution in [0, 0.1) is 0 Å². The Labute approximate surface area is 204 Å². The van der Waals surface area contributed by atoms with Crippen LogP contribution in [0.15, 0.2) is 78.9 Å². The van der Waals surface area contributed by atoms with Gasteiger partial charge in [-0.05, 0) is 61.5 Å². The molecule has 0 saturated carbocycles. The Morgan fingerprint density at radius 2 is 1.65 bits per heavy atom. The quantitative estimate of drug-likeness (QED) is 0.329. The lowest BCUT2D eigenvalue weighted by atomic mass is 10.2. The molecule has 0 bridgehead atoms. The minimum Gasteiger partial charge on any atom is -0.491 e. The number of hydrogen-bond acceptors (Lipinski definition) is 5. The van der Waals surface area contributed by atoms with Crippen LogP contribution < -0.4 is 25.6 Å². The fourth-order valence-electron chi connectivity index (χ4n) is 2.93. The molecule has 3 aromatic rings. The third-order valence-corrected chi connectivity index (χ3v) is 5.10. The number of nitrogens with one attached hydrogen (secondary N) is 3. The lowest BCUT2D eigenvalue weighted by Crippen LogP contribution is -2.48. The number of para-hydroxylation sites is 1. The molecule has 2 amide bonds. The molecule has 7 nitrogen and oxygen atoms in total. The van der Waals surface area contributed by atoms with Crippen molar-refractivity contribution in [2.75, 3.05) is 0 Å². The number of amides is 2. The van der Waals surface area contributed by atoms with Crippen LogP contribution in [0.4, 0.5) is 0 Å². The van der Waals surface area contributed by atoms with E-state index in [4.69, 9.17) is 21.7 Å². The zero-order chi connectivity index (χ0) is 24.3. The molecule has 0 aliphatic heterocycles. The highest BCUT2D eigenvalue weighted by atomic mass is 32.1. The molecule has 0 aromatic heterocycles. The van der Waals surface area contributed by atoms with E-state index < -0.39 is 11.8 Å². The van der Waals surface area contributed by atoms with E-state index >= 15 is 0 Å². The first kappa shape index (κ1) is 24.7. The van der Waals surface area contributed by atoms with Gasteiger partial charge in [-0.2, -0.15) is 0 Å². The highest BCUT2D eigenvalue weighted by molar-refractivity contribution is 7.80. The summed E-state index contributed by atoms with van der Waals surface area (Å²) in [5.74, 6) is 0.150. The monoisotopic (exact) mass is 477 g/mol. The van der Waals surface area contributed by atoms with Gasteiger partial charge in [0, 0.05) is 5.56 Å². The summed E-state index contributed by atoms with van der Waals surface area (Å²) in [5.41, 5.74) is 6.74. The number of ether oxygens (including phenoxy) is 2. The first-order chi connectivity index (χ1) is 16.5. The van der Waals surface area contributed by atoms with Crippen LogP contribution >= 0.6 is 12.2 Å². The van der Waals surface area contributed by atoms with Crippen LogP contribution in [0.2, 0.25) is 0 Å². The Hall–Kier alpha value is -3.91. The fourth-order valence-corrected chi connectivity index (χ4v) is 3.07. The Bertz CT molecular complexity index is 1140. The molecular formula is C26H27N3O4S. The van der Waals surface area contributed by atoms with Crippen LogP contribution in [-0.4, -0.2) is 23.0 Å². The summed E-state index contributed by atoms with van der Waals surface area (Å²) in [5, 5.41) is 2.49. The van der Waals surface area contributed by atoms with E-state index in [9.17, 15) is 9.59 Å². The van der Waals surface area contributed by atoms with Crippen molar-refractivity contribution in [3.8, 4) is 11.5 Å². The molecule has 8 heteroatoms. The van der Waals surface area contributed by atoms with Gasteiger partial charge in [-0.3, -0.25) is 25.8 Å². The molecule has 0 spiro atoms. The lowest BCUT2D eigenvalue weighted by Gasteiger charge is -2.15. The number of rotatable bonds is 8. The zero-order valence-corrected chi connectivity index (χ0v) is 19.9. The van der Waals surface area contributed by atoms with E-state index in [2.05, 4.69) is 16.2 Å². The molecule has 0 fully saturated rings. The fraction of sp³-hybridized carbons (Fsp3) is 0.192. The summed E-state index contributed by atoms with van der Waals surface area (Å²) in [6.45, 7) is 4.31. The van der Waals surface area contributed by atoms with Crippen molar-refractivity contribution in [1.29, 1.82) is 0 Å². The molecule has 0 aliphatic rings. The van der Waals surface area contributed by atoms with Crippen LogP contribution in [-0.2, 0) is 6.61 Å². The highest BCUT2D eigenvalue weighted by Crippen LogP contribution is 2.19. The minimum absolute atomic E-state index is 0.0378. The van der Waals surface area contributed by atoms with E-state index in [0.717, 1.165) is 12.0 Å². The van der Waals surface area contributed by atoms with Crippen molar-refractivity contribution in [3.63, 3.8) is 0 Å². The Morgan fingerprint density at radius 1 is 0.912 bits per heavy atom. The molecule has 0 saturated heterocycles. The number of carbonyl (C=O) groups is 2. The van der Waals surface area contributed by atoms with E-state index in [1.165, 1.54) is 0 Å². The van der Waals surface area contributed by atoms with Gasteiger partial charge < -0.3 is 9.47 Å². The molecule has 3 N–H and O–H groups in total. The molecule has 0 radical (unpaired) electrons. The van der Waals surface area contributed by atoms with Gasteiger partial charge in [0.15, 0.2) is 5.11 Å². The van der Waals surface area contributed by atoms with E-state index in [1.807, 2.05) is 44.2 Å². The molecule has 1 atom stereocenters. The average Bonchev–Trinajstić information content (AvgIpc) is 2.87. The van der Waals surface area contributed by atoms with Crippen LogP contribution in [0.1, 0.15) is 46.5 Å². The molecule has 3 aromatic carbocycles.